The highest BCUT2D eigenvalue weighted by Gasteiger charge is 2.43. The molecule has 2 aliphatic heterocycles. The van der Waals surface area contributed by atoms with Gasteiger partial charge in [-0.15, -0.1) is 0 Å². The highest BCUT2D eigenvalue weighted by Crippen LogP contribution is 2.51. The number of phenols is 1. The van der Waals surface area contributed by atoms with E-state index in [0.717, 1.165) is 66.5 Å². The van der Waals surface area contributed by atoms with Crippen LogP contribution in [-0.2, 0) is 12.8 Å². The van der Waals surface area contributed by atoms with Gasteiger partial charge >= 0.3 is 0 Å². The second-order valence-electron chi connectivity index (χ2n) is 19.8. The van der Waals surface area contributed by atoms with Gasteiger partial charge in [0.1, 0.15) is 11.9 Å². The lowest BCUT2D eigenvalue weighted by atomic mass is 9.70. The first-order valence-electron chi connectivity index (χ1n) is 24.7. The highest BCUT2D eigenvalue weighted by atomic mass is 33.1. The molecule has 13 atom stereocenters. The Balaban J connectivity index is 1.10. The molecule has 2 aromatic rings. The second-order valence-corrected chi connectivity index (χ2v) is 22.4. The number of aliphatic hydroxyl groups is 5. The average molecular weight is 931 g/mol. The molecule has 0 radical (unpaired) electrons. The van der Waals surface area contributed by atoms with Crippen molar-refractivity contribution in [2.24, 2.45) is 47.2 Å². The molecule has 4 aliphatic carbocycles. The van der Waals surface area contributed by atoms with Crippen LogP contribution in [0, 0.1) is 53.3 Å². The first-order chi connectivity index (χ1) is 31.5. The van der Waals surface area contributed by atoms with E-state index in [0.29, 0.717) is 68.4 Å². The van der Waals surface area contributed by atoms with E-state index in [4.69, 9.17) is 10.5 Å². The lowest BCUT2D eigenvalue weighted by Gasteiger charge is -2.36. The number of aromatic hydroxyl groups is 1. The third kappa shape index (κ3) is 11.3. The number of nitrogens with two attached hydrogens (primary N) is 1. The summed E-state index contributed by atoms with van der Waals surface area (Å²) in [4.78, 5) is 3.36. The number of allylic oxidation sites excluding steroid dienone is 3. The van der Waals surface area contributed by atoms with Gasteiger partial charge in [-0.1, -0.05) is 77.8 Å². The highest BCUT2D eigenvalue weighted by molar-refractivity contribution is 8.76. The normalized spacial score (nSPS) is 34.1. The van der Waals surface area contributed by atoms with Crippen molar-refractivity contribution in [2.45, 2.75) is 140 Å². The van der Waals surface area contributed by atoms with Crippen LogP contribution in [0.4, 0.5) is 0 Å². The number of nitrogens with one attached hydrogen (secondary N) is 3. The molecular formula is C52H74N4O7S2. The molecule has 2 fully saturated rings. The van der Waals surface area contributed by atoms with Gasteiger partial charge in [-0.3, -0.25) is 0 Å². The Morgan fingerprint density at radius 3 is 2.57 bits per heavy atom. The van der Waals surface area contributed by atoms with Gasteiger partial charge in [-0.05, 0) is 129 Å². The quantitative estimate of drug-likeness (QED) is 0.0673. The van der Waals surface area contributed by atoms with Gasteiger partial charge in [0, 0.05) is 84.3 Å². The fourth-order valence-corrected chi connectivity index (χ4v) is 14.4. The lowest BCUT2D eigenvalue weighted by Crippen LogP contribution is -2.42. The second kappa shape index (κ2) is 22.4. The molecule has 1 aromatic carbocycles. The largest absolute Gasteiger partial charge is 0.504 e. The van der Waals surface area contributed by atoms with Crippen LogP contribution in [0.15, 0.2) is 65.2 Å². The van der Waals surface area contributed by atoms with E-state index in [1.165, 1.54) is 18.4 Å². The molecule has 8 rings (SSSR count). The minimum atomic E-state index is -1.04. The van der Waals surface area contributed by atoms with Crippen LogP contribution in [0.3, 0.4) is 0 Å². The lowest BCUT2D eigenvalue weighted by molar-refractivity contribution is -0.0214. The summed E-state index contributed by atoms with van der Waals surface area (Å²) in [6, 6.07) is 7.90. The van der Waals surface area contributed by atoms with Crippen molar-refractivity contribution >= 4 is 21.6 Å². The number of aromatic amines is 1. The summed E-state index contributed by atoms with van der Waals surface area (Å²) in [5.41, 5.74) is 13.0. The van der Waals surface area contributed by atoms with Crippen LogP contribution < -0.4 is 21.1 Å². The number of rotatable bonds is 11. The predicted molar refractivity (Wildman–Crippen MR) is 261 cm³/mol. The molecule has 3 heterocycles. The summed E-state index contributed by atoms with van der Waals surface area (Å²) < 4.78 is 6.89. The minimum Gasteiger partial charge on any atom is -0.504 e. The van der Waals surface area contributed by atoms with E-state index in [-0.39, 0.29) is 59.8 Å². The summed E-state index contributed by atoms with van der Waals surface area (Å²) >= 11 is 0. The zero-order valence-electron chi connectivity index (χ0n) is 38.3. The molecule has 0 amide bonds. The Hall–Kier alpha value is -3.06. The van der Waals surface area contributed by atoms with E-state index in [9.17, 15) is 30.6 Å². The van der Waals surface area contributed by atoms with Crippen molar-refractivity contribution in [1.82, 2.24) is 15.6 Å². The van der Waals surface area contributed by atoms with E-state index in [2.05, 4.69) is 59.5 Å². The van der Waals surface area contributed by atoms with Crippen molar-refractivity contribution in [3.8, 4) is 23.3 Å². The average Bonchev–Trinajstić information content (AvgIpc) is 4.02. The number of ether oxygens (including phenoxy) is 1. The summed E-state index contributed by atoms with van der Waals surface area (Å²) in [7, 11) is 3.27. The topological polar surface area (TPSA) is 196 Å². The number of hydrogen-bond acceptors (Lipinski definition) is 12. The minimum absolute atomic E-state index is 0.000932. The van der Waals surface area contributed by atoms with Gasteiger partial charge in [-0.25, -0.2) is 0 Å². The van der Waals surface area contributed by atoms with Crippen LogP contribution in [0.25, 0.3) is 0 Å². The van der Waals surface area contributed by atoms with Crippen molar-refractivity contribution in [3.63, 3.8) is 0 Å². The first-order valence-corrected chi connectivity index (χ1v) is 27.1. The summed E-state index contributed by atoms with van der Waals surface area (Å²) in [5, 5.41) is 76.9. The summed E-state index contributed by atoms with van der Waals surface area (Å²) in [6.45, 7) is 5.29. The van der Waals surface area contributed by atoms with Gasteiger partial charge in [0.2, 0.25) is 0 Å². The maximum absolute atomic E-state index is 12.3. The number of H-pyrrole nitrogens is 1. The number of aromatic nitrogens is 1. The Kier molecular flexibility index (Phi) is 16.7. The van der Waals surface area contributed by atoms with E-state index < -0.39 is 36.3 Å². The zero-order valence-corrected chi connectivity index (χ0v) is 40.0. The van der Waals surface area contributed by atoms with Crippen molar-refractivity contribution in [2.75, 3.05) is 31.2 Å². The Labute approximate surface area is 394 Å². The number of benzene rings is 1. The van der Waals surface area contributed by atoms with Gasteiger partial charge in [0.15, 0.2) is 11.5 Å². The number of dihydropyridines is 1. The van der Waals surface area contributed by atoms with E-state index >= 15 is 0 Å². The molecule has 11 nitrogen and oxygen atoms in total. The molecular weight excluding hydrogens is 857 g/mol. The molecule has 1 saturated heterocycles. The molecule has 11 N–H and O–H groups in total. The van der Waals surface area contributed by atoms with E-state index in [1.54, 1.807) is 21.6 Å². The number of aliphatic hydroxyl groups excluding tert-OH is 5. The maximum atomic E-state index is 12.3. The summed E-state index contributed by atoms with van der Waals surface area (Å²) in [6.07, 6.45) is 13.2. The fourth-order valence-electron chi connectivity index (χ4n) is 11.9. The smallest absolute Gasteiger partial charge is 0.161 e. The van der Waals surface area contributed by atoms with Crippen LogP contribution in [0.5, 0.6) is 11.5 Å². The molecule has 65 heavy (non-hydrogen) atoms. The van der Waals surface area contributed by atoms with Crippen molar-refractivity contribution in [3.05, 3.63) is 82.0 Å². The SMILES string of the molecule is CC[C@H]1C#C[C@H]2C=C3[C@@H](CC)Cc4cc(O)c(O[C@H]5C[C@@H](Cc6ccc[nH]6)C6=CCNC(N)=C6CSSC[C@H](CO)[C@@H]5O)cc4[C@@H]3C[C@@H](O)[C@H]2[C@@H](O)CC[C@H](NC[C@H](O)C2CCCC2)C1. The van der Waals surface area contributed by atoms with Gasteiger partial charge in [0.05, 0.1) is 24.4 Å². The van der Waals surface area contributed by atoms with Crippen LogP contribution >= 0.6 is 21.6 Å². The molecule has 356 valence electrons. The fraction of sp³-hybridized carbons (Fsp3) is 0.654. The molecule has 0 unspecified atom stereocenters. The molecule has 1 saturated carbocycles. The van der Waals surface area contributed by atoms with Gasteiger partial charge in [0.25, 0.3) is 0 Å². The number of hydrogen-bond donors (Lipinski definition) is 10. The Bertz CT molecular complexity index is 2060. The molecule has 6 aliphatic rings. The van der Waals surface area contributed by atoms with Crippen LogP contribution in [0.1, 0.15) is 107 Å². The number of phenolic OH excluding ortho intramolecular Hbond substituents is 1. The molecule has 0 spiro atoms. The molecule has 13 heteroatoms. The van der Waals surface area contributed by atoms with Crippen molar-refractivity contribution < 1.29 is 35.4 Å². The van der Waals surface area contributed by atoms with Crippen LogP contribution in [0.2, 0.25) is 0 Å². The van der Waals surface area contributed by atoms with Crippen molar-refractivity contribution in [1.29, 1.82) is 0 Å². The third-order valence-corrected chi connectivity index (χ3v) is 18.2. The standard InChI is InChI=1S/C52H74N4O7S2/c1-3-30-11-12-33-21-40-31(4-2)19-34-22-45(59)48(25-41(34)42(40)24-46(60)50(33)44(58)14-13-38(18-30)56-26-47(61)32-8-5-6-9-32)63-49-23-35(20-37-10-7-16-54-37)39-15-17-55-52(53)43(39)29-65-64-28-36(27-57)51(49)62/h7,10,15-16,21-22,25,30-33,35-36,38,42,44,46-47,49-51,54-62H,3-6,8-9,13-14,17-20,23-24,26-29,53H2,1-2H3/t30-,31-,33-,35+,36-,38-,42+,44-,46+,47-,49-,50+,51-/m0/s1. The van der Waals surface area contributed by atoms with E-state index in [1.807, 2.05) is 24.4 Å². The Morgan fingerprint density at radius 1 is 0.985 bits per heavy atom. The number of fused-ring (bicyclic) bond motifs is 5. The van der Waals surface area contributed by atoms with Gasteiger partial charge < -0.3 is 56.7 Å². The Morgan fingerprint density at radius 2 is 1.82 bits per heavy atom. The first kappa shape index (κ1) is 48.4. The summed E-state index contributed by atoms with van der Waals surface area (Å²) in [5.74, 6) is 8.47. The molecule has 1 aromatic heterocycles. The third-order valence-electron chi connectivity index (χ3n) is 15.8. The monoisotopic (exact) mass is 930 g/mol. The van der Waals surface area contributed by atoms with Gasteiger partial charge in [-0.2, -0.15) is 0 Å². The predicted octanol–water partition coefficient (Wildman–Crippen LogP) is 6.45. The zero-order chi connectivity index (χ0) is 45.6. The molecule has 0 bridgehead atoms. The maximum Gasteiger partial charge on any atom is 0.161 e. The van der Waals surface area contributed by atoms with Crippen LogP contribution in [-0.4, -0.2) is 103 Å².